The fraction of sp³-hybridized carbons (Fsp3) is 0.276. The van der Waals surface area contributed by atoms with Gasteiger partial charge in [-0.25, -0.2) is 13.2 Å². The summed E-state index contributed by atoms with van der Waals surface area (Å²) in [7, 11) is -0.700. The normalized spacial score (nSPS) is 15.7. The maximum absolute atomic E-state index is 13.2. The lowest BCUT2D eigenvalue weighted by Gasteiger charge is -2.23. The molecule has 0 aromatic heterocycles. The second kappa shape index (κ2) is 12.1. The predicted octanol–water partition coefficient (Wildman–Crippen LogP) is 6.36. The molecule has 8 nitrogen and oxygen atoms in total. The Morgan fingerprint density at radius 3 is 2.40 bits per heavy atom. The molecule has 40 heavy (non-hydrogen) atoms. The number of carboxylic acid groups (broad SMARTS) is 1. The third-order valence-corrected chi connectivity index (χ3v) is 9.35. The van der Waals surface area contributed by atoms with Crippen molar-refractivity contribution in [2.45, 2.75) is 37.6 Å². The second-order valence-electron chi connectivity index (χ2n) is 9.40. The molecular formula is C29H30Cl2N2O6S. The van der Waals surface area contributed by atoms with E-state index in [1.807, 2.05) is 32.2 Å². The molecule has 11 heteroatoms. The lowest BCUT2D eigenvalue weighted by Crippen LogP contribution is -2.31. The zero-order valence-electron chi connectivity index (χ0n) is 22.5. The Morgan fingerprint density at radius 2 is 1.77 bits per heavy atom. The number of ether oxygens (including phenoxy) is 1. The number of aromatic carboxylic acids is 1. The van der Waals surface area contributed by atoms with Gasteiger partial charge in [0.2, 0.25) is 0 Å². The minimum absolute atomic E-state index is 0.104. The molecule has 0 fully saturated rings. The van der Waals surface area contributed by atoms with Gasteiger partial charge in [0.15, 0.2) is 0 Å². The van der Waals surface area contributed by atoms with Gasteiger partial charge in [-0.15, -0.1) is 5.06 Å². The Bertz CT molecular complexity index is 1550. The summed E-state index contributed by atoms with van der Waals surface area (Å²) in [6.07, 6.45) is 1.22. The number of rotatable bonds is 10. The number of aryl methyl sites for hydroxylation is 1. The third-order valence-electron chi connectivity index (χ3n) is 6.87. The molecule has 0 saturated heterocycles. The third kappa shape index (κ3) is 6.07. The number of likely N-dealkylation sites (N-methyl/N-ethyl adjacent to an activating group) is 1. The topological polar surface area (TPSA) is 96.4 Å². The molecule has 1 unspecified atom stereocenters. The molecular weight excluding hydrogens is 575 g/mol. The number of sulfonamides is 1. The van der Waals surface area contributed by atoms with Gasteiger partial charge in [0.05, 0.1) is 22.2 Å². The van der Waals surface area contributed by atoms with Crippen LogP contribution in [-0.2, 0) is 21.3 Å². The van der Waals surface area contributed by atoms with Gasteiger partial charge < -0.3 is 14.7 Å². The number of nitrogens with zero attached hydrogens (tertiary/aromatic N) is 2. The van der Waals surface area contributed by atoms with Crippen LogP contribution in [0.5, 0.6) is 5.75 Å². The van der Waals surface area contributed by atoms with Crippen molar-refractivity contribution in [3.63, 3.8) is 0 Å². The number of carboxylic acids is 1. The van der Waals surface area contributed by atoms with Crippen LogP contribution in [0.4, 0.5) is 5.69 Å². The van der Waals surface area contributed by atoms with Gasteiger partial charge in [0.25, 0.3) is 10.0 Å². The minimum atomic E-state index is -3.99. The Balaban J connectivity index is 1.53. The molecule has 0 radical (unpaired) electrons. The molecule has 1 aliphatic rings. The summed E-state index contributed by atoms with van der Waals surface area (Å²) in [5.74, 6) is 0.181. The zero-order chi connectivity index (χ0) is 29.2. The molecule has 0 spiro atoms. The second-order valence-corrected chi connectivity index (χ2v) is 12.2. The average molecular weight is 606 g/mol. The highest BCUT2D eigenvalue weighted by Crippen LogP contribution is 2.35. The number of allylic oxidation sites excluding steroid dienone is 1. The monoisotopic (exact) mass is 604 g/mol. The molecule has 1 N–H and O–H groups in total. The van der Waals surface area contributed by atoms with Gasteiger partial charge in [0.1, 0.15) is 18.1 Å². The van der Waals surface area contributed by atoms with Crippen molar-refractivity contribution >= 4 is 44.9 Å². The first-order valence-corrected chi connectivity index (χ1v) is 14.7. The van der Waals surface area contributed by atoms with E-state index in [2.05, 4.69) is 0 Å². The van der Waals surface area contributed by atoms with Gasteiger partial charge in [-0.3, -0.25) is 4.31 Å². The summed E-state index contributed by atoms with van der Waals surface area (Å²) >= 11 is 12.9. The Hall–Kier alpha value is -3.24. The Labute approximate surface area is 244 Å². The number of halogens is 2. The number of benzene rings is 3. The summed E-state index contributed by atoms with van der Waals surface area (Å²) < 4.78 is 33.8. The predicted molar refractivity (Wildman–Crippen MR) is 156 cm³/mol. The quantitative estimate of drug-likeness (QED) is 0.288. The van der Waals surface area contributed by atoms with Crippen LogP contribution >= 0.6 is 23.2 Å². The molecule has 1 heterocycles. The minimum Gasteiger partial charge on any atom is -0.489 e. The molecule has 0 amide bonds. The first kappa shape index (κ1) is 29.7. The average Bonchev–Trinajstić information content (AvgIpc) is 3.23. The summed E-state index contributed by atoms with van der Waals surface area (Å²) in [4.78, 5) is 17.2. The van der Waals surface area contributed by atoms with E-state index >= 15 is 0 Å². The van der Waals surface area contributed by atoms with Crippen molar-refractivity contribution in [1.82, 2.24) is 5.06 Å². The van der Waals surface area contributed by atoms with Crippen LogP contribution in [0.1, 0.15) is 34.8 Å². The molecule has 0 bridgehead atoms. The largest absolute Gasteiger partial charge is 0.489 e. The van der Waals surface area contributed by atoms with Crippen molar-refractivity contribution in [1.29, 1.82) is 0 Å². The summed E-state index contributed by atoms with van der Waals surface area (Å²) in [5, 5.41) is 12.2. The molecule has 3 aromatic carbocycles. The van der Waals surface area contributed by atoms with E-state index in [-0.39, 0.29) is 23.1 Å². The number of hydrogen-bond acceptors (Lipinski definition) is 6. The molecule has 1 atom stereocenters. The molecule has 3 aromatic rings. The van der Waals surface area contributed by atoms with E-state index in [9.17, 15) is 18.3 Å². The molecule has 0 aliphatic carbocycles. The Kier molecular flexibility index (Phi) is 8.99. The summed E-state index contributed by atoms with van der Waals surface area (Å²) in [6, 6.07) is 15.7. The highest BCUT2D eigenvalue weighted by molar-refractivity contribution is 7.92. The number of anilines is 1. The SMILES string of the molecule is CCC1=C(COc2ccc(N(C)S(=O)(=O)c3cccc(C(=O)O)c3)c(C)c2)C(Cc2c(Cl)cccc2Cl)N(C)O1. The fourth-order valence-electron chi connectivity index (χ4n) is 4.65. The van der Waals surface area contributed by atoms with Crippen LogP contribution in [0, 0.1) is 6.92 Å². The first-order valence-electron chi connectivity index (χ1n) is 12.5. The highest BCUT2D eigenvalue weighted by atomic mass is 35.5. The standard InChI is InChI=1S/C29H30Cl2N2O6S/c1-5-28-23(27(32(3)39-28)16-22-24(30)10-7-11-25(22)31)17-38-20-12-13-26(18(2)14-20)33(4)40(36,37)21-9-6-8-19(15-21)29(34)35/h6-15,27H,5,16-17H2,1-4H3,(H,34,35). The van der Waals surface area contributed by atoms with Crippen LogP contribution in [0.2, 0.25) is 10.0 Å². The van der Waals surface area contributed by atoms with Crippen molar-refractivity contribution in [2.24, 2.45) is 0 Å². The van der Waals surface area contributed by atoms with E-state index in [0.29, 0.717) is 39.9 Å². The number of carbonyl (C=O) groups is 1. The van der Waals surface area contributed by atoms with Crippen molar-refractivity contribution in [3.05, 3.63) is 98.7 Å². The van der Waals surface area contributed by atoms with Gasteiger partial charge in [-0.1, -0.05) is 42.3 Å². The van der Waals surface area contributed by atoms with Crippen LogP contribution in [0.3, 0.4) is 0 Å². The van der Waals surface area contributed by atoms with Crippen LogP contribution in [-0.4, -0.2) is 51.3 Å². The maximum atomic E-state index is 13.2. The molecule has 4 rings (SSSR count). The van der Waals surface area contributed by atoms with Crippen molar-refractivity contribution in [2.75, 3.05) is 25.0 Å². The van der Waals surface area contributed by atoms with E-state index in [4.69, 9.17) is 32.8 Å². The summed E-state index contributed by atoms with van der Waals surface area (Å²) in [5.41, 5.74) is 2.81. The van der Waals surface area contributed by atoms with E-state index in [1.54, 1.807) is 30.2 Å². The van der Waals surface area contributed by atoms with Gasteiger partial charge in [-0.2, -0.15) is 0 Å². The van der Waals surface area contributed by atoms with E-state index in [0.717, 1.165) is 27.3 Å². The van der Waals surface area contributed by atoms with E-state index in [1.165, 1.54) is 25.2 Å². The van der Waals surface area contributed by atoms with Crippen LogP contribution in [0.25, 0.3) is 0 Å². The van der Waals surface area contributed by atoms with Crippen molar-refractivity contribution < 1.29 is 27.9 Å². The van der Waals surface area contributed by atoms with Crippen LogP contribution in [0.15, 0.2) is 76.9 Å². The molecule has 0 saturated carbocycles. The fourth-order valence-corrected chi connectivity index (χ4v) is 6.51. The van der Waals surface area contributed by atoms with Gasteiger partial charge in [0, 0.05) is 36.1 Å². The smallest absolute Gasteiger partial charge is 0.335 e. The van der Waals surface area contributed by atoms with E-state index < -0.39 is 16.0 Å². The Morgan fingerprint density at radius 1 is 1.10 bits per heavy atom. The van der Waals surface area contributed by atoms with Gasteiger partial charge in [-0.05, 0) is 73.0 Å². The first-order chi connectivity index (χ1) is 18.9. The van der Waals surface area contributed by atoms with Gasteiger partial charge >= 0.3 is 5.97 Å². The van der Waals surface area contributed by atoms with Crippen molar-refractivity contribution in [3.8, 4) is 5.75 Å². The lowest BCUT2D eigenvalue weighted by atomic mass is 9.98. The van der Waals surface area contributed by atoms with Crippen LogP contribution < -0.4 is 9.04 Å². The maximum Gasteiger partial charge on any atom is 0.335 e. The molecule has 1 aliphatic heterocycles. The number of hydrogen-bond donors (Lipinski definition) is 1. The summed E-state index contributed by atoms with van der Waals surface area (Å²) in [6.45, 7) is 4.05. The lowest BCUT2D eigenvalue weighted by molar-refractivity contribution is -0.0960. The highest BCUT2D eigenvalue weighted by Gasteiger charge is 2.33. The zero-order valence-corrected chi connectivity index (χ0v) is 24.8. The number of hydroxylamine groups is 2. The molecule has 212 valence electrons.